The minimum Gasteiger partial charge on any atom is -0.453 e. The molecule has 4 nitrogen and oxygen atoms in total. The number of benzene rings is 5. The number of fused-ring (bicyclic) bond motifs is 5. The van der Waals surface area contributed by atoms with Gasteiger partial charge in [0.1, 0.15) is 0 Å². The van der Waals surface area contributed by atoms with Crippen LogP contribution >= 0.6 is 0 Å². The van der Waals surface area contributed by atoms with Gasteiger partial charge in [-0.1, -0.05) is 48.5 Å². The summed E-state index contributed by atoms with van der Waals surface area (Å²) in [5.74, 6) is 1.72. The van der Waals surface area contributed by atoms with E-state index in [0.717, 1.165) is 34.1 Å². The Morgan fingerprint density at radius 3 is 2.05 bits per heavy atom. The van der Waals surface area contributed by atoms with Crippen LogP contribution in [0.5, 0.6) is 11.5 Å². The van der Waals surface area contributed by atoms with Crippen molar-refractivity contribution in [2.75, 3.05) is 16.8 Å². The molecule has 2 heterocycles. The third-order valence-electron chi connectivity index (χ3n) is 7.82. The van der Waals surface area contributed by atoms with E-state index < -0.39 is 0 Å². The van der Waals surface area contributed by atoms with Crippen molar-refractivity contribution in [3.05, 3.63) is 127 Å². The number of aromatic nitrogens is 1. The molecule has 0 amide bonds. The van der Waals surface area contributed by atoms with Gasteiger partial charge in [0.2, 0.25) is 0 Å². The molecule has 0 aliphatic carbocycles. The van der Waals surface area contributed by atoms with Crippen molar-refractivity contribution in [1.29, 1.82) is 0 Å². The summed E-state index contributed by atoms with van der Waals surface area (Å²) < 4.78 is 8.77. The number of hydrogen-bond donors (Lipinski definition) is 0. The van der Waals surface area contributed by atoms with Gasteiger partial charge in [0.05, 0.1) is 22.4 Å². The Bertz CT molecular complexity index is 1870. The van der Waals surface area contributed by atoms with E-state index >= 15 is 0 Å². The highest BCUT2D eigenvalue weighted by atomic mass is 16.5. The molecule has 0 saturated carbocycles. The van der Waals surface area contributed by atoms with Crippen LogP contribution in [0, 0.1) is 13.8 Å². The lowest BCUT2D eigenvalue weighted by Crippen LogP contribution is -2.15. The Labute approximate surface area is 236 Å². The molecule has 1 aliphatic rings. The lowest BCUT2D eigenvalue weighted by atomic mass is 10.0. The number of rotatable bonds is 3. The summed E-state index contributed by atoms with van der Waals surface area (Å²) in [6, 6.07) is 36.4. The molecule has 7 rings (SSSR count). The number of anilines is 5. The van der Waals surface area contributed by atoms with E-state index in [9.17, 15) is 0 Å². The fourth-order valence-corrected chi connectivity index (χ4v) is 5.88. The molecule has 1 aromatic heterocycles. The van der Waals surface area contributed by atoms with Crippen LogP contribution in [0.3, 0.4) is 0 Å². The van der Waals surface area contributed by atoms with E-state index in [1.165, 1.54) is 38.8 Å². The highest BCUT2D eigenvalue weighted by molar-refractivity contribution is 6.12. The van der Waals surface area contributed by atoms with Gasteiger partial charge in [-0.25, -0.2) is 0 Å². The zero-order valence-corrected chi connectivity index (χ0v) is 23.5. The molecular weight excluding hydrogens is 490 g/mol. The highest BCUT2D eigenvalue weighted by Gasteiger charge is 2.27. The molecule has 1 aliphatic heterocycles. The maximum absolute atomic E-state index is 6.48. The van der Waals surface area contributed by atoms with E-state index in [-0.39, 0.29) is 0 Å². The third-order valence-corrected chi connectivity index (χ3v) is 7.82. The van der Waals surface area contributed by atoms with Crippen LogP contribution in [0.25, 0.3) is 21.8 Å². The van der Waals surface area contributed by atoms with Crippen LogP contribution in [0.4, 0.5) is 28.4 Å². The van der Waals surface area contributed by atoms with Crippen LogP contribution in [-0.4, -0.2) is 11.6 Å². The Balaban J connectivity index is 0.00000142. The average molecular weight is 524 g/mol. The van der Waals surface area contributed by atoms with Gasteiger partial charge in [-0.3, -0.25) is 0 Å². The molecule has 0 spiro atoms. The van der Waals surface area contributed by atoms with E-state index in [0.29, 0.717) is 0 Å². The predicted octanol–water partition coefficient (Wildman–Crippen LogP) is 10.1. The largest absolute Gasteiger partial charge is 0.453 e. The maximum Gasteiger partial charge on any atom is 0.153 e. The minimum atomic E-state index is 0.861. The smallest absolute Gasteiger partial charge is 0.153 e. The minimum absolute atomic E-state index is 0.861. The summed E-state index contributed by atoms with van der Waals surface area (Å²) in [5.41, 5.74) is 10.5. The lowest BCUT2D eigenvalue weighted by Gasteiger charge is -2.33. The second-order valence-electron chi connectivity index (χ2n) is 10.1. The molecule has 0 radical (unpaired) electrons. The molecule has 6 aromatic rings. The zero-order chi connectivity index (χ0) is 28.0. The summed E-state index contributed by atoms with van der Waals surface area (Å²) in [5, 5.41) is 2.47. The predicted molar refractivity (Wildman–Crippen MR) is 170 cm³/mol. The Morgan fingerprint density at radius 2 is 1.27 bits per heavy atom. The molecule has 0 unspecified atom stereocenters. The van der Waals surface area contributed by atoms with E-state index in [1.807, 2.05) is 12.1 Å². The molecule has 40 heavy (non-hydrogen) atoms. The molecule has 0 fully saturated rings. The van der Waals surface area contributed by atoms with Crippen molar-refractivity contribution >= 4 is 50.2 Å². The fraction of sp³-hybridized carbons (Fsp3) is 0.111. The first-order valence-electron chi connectivity index (χ1n) is 13.5. The summed E-state index contributed by atoms with van der Waals surface area (Å²) in [4.78, 5) is 4.60. The van der Waals surface area contributed by atoms with Gasteiger partial charge in [0.25, 0.3) is 0 Å². The number of aryl methyl sites for hydroxylation is 3. The summed E-state index contributed by atoms with van der Waals surface area (Å²) in [7, 11) is 4.30. The molecule has 0 atom stereocenters. The molecule has 0 bridgehead atoms. The molecule has 0 N–H and O–H groups in total. The van der Waals surface area contributed by atoms with Crippen molar-refractivity contribution in [3.8, 4) is 11.5 Å². The van der Waals surface area contributed by atoms with Crippen molar-refractivity contribution in [3.63, 3.8) is 0 Å². The molecule has 4 heteroatoms. The van der Waals surface area contributed by atoms with Crippen LogP contribution in [0.15, 0.2) is 116 Å². The number of para-hydroxylation sites is 4. The van der Waals surface area contributed by atoms with Crippen molar-refractivity contribution in [2.24, 2.45) is 7.05 Å². The second kappa shape index (κ2) is 9.97. The maximum atomic E-state index is 6.48. The fourth-order valence-electron chi connectivity index (χ4n) is 5.88. The van der Waals surface area contributed by atoms with Gasteiger partial charge in [-0.2, -0.15) is 0 Å². The third kappa shape index (κ3) is 3.92. The first kappa shape index (κ1) is 25.3. The summed E-state index contributed by atoms with van der Waals surface area (Å²) >= 11 is 0. The van der Waals surface area contributed by atoms with Crippen LogP contribution in [0.1, 0.15) is 11.1 Å². The lowest BCUT2D eigenvalue weighted by molar-refractivity contribution is 0.477. The Hall–Kier alpha value is -4.96. The zero-order valence-electron chi connectivity index (χ0n) is 23.5. The molecule has 5 aromatic carbocycles. The van der Waals surface area contributed by atoms with Crippen LogP contribution in [0.2, 0.25) is 0 Å². The standard InChI is InChI=1S/C34H29N3O.C2H4/c1-22-12-8-9-15-27(22)35(3)29-20-30-25(18-23(29)2)26-19-32-34(21-31(26)36(30)4)38-33-17-11-10-16-28(33)37(32)24-13-6-5-7-14-24;1-2/h5-21H,1-4H3;1-2H2. The van der Waals surface area contributed by atoms with Gasteiger partial charge >= 0.3 is 0 Å². The topological polar surface area (TPSA) is 20.6 Å². The second-order valence-corrected chi connectivity index (χ2v) is 10.1. The molecular formula is C36H33N3O. The first-order chi connectivity index (χ1) is 19.5. The quantitative estimate of drug-likeness (QED) is 0.215. The van der Waals surface area contributed by atoms with Crippen LogP contribution < -0.4 is 14.5 Å². The average Bonchev–Trinajstić information content (AvgIpc) is 3.25. The van der Waals surface area contributed by atoms with Crippen molar-refractivity contribution in [2.45, 2.75) is 13.8 Å². The number of nitrogens with zero attached hydrogens (tertiary/aromatic N) is 3. The number of ether oxygens (including phenoxy) is 1. The Morgan fingerprint density at radius 1 is 0.625 bits per heavy atom. The molecule has 198 valence electrons. The highest BCUT2D eigenvalue weighted by Crippen LogP contribution is 2.52. The first-order valence-corrected chi connectivity index (χ1v) is 13.5. The Kier molecular flexibility index (Phi) is 6.31. The van der Waals surface area contributed by atoms with E-state index in [1.54, 1.807) is 0 Å². The van der Waals surface area contributed by atoms with Gasteiger partial charge in [0.15, 0.2) is 11.5 Å². The van der Waals surface area contributed by atoms with Gasteiger partial charge in [-0.15, -0.1) is 13.2 Å². The van der Waals surface area contributed by atoms with Crippen LogP contribution in [-0.2, 0) is 7.05 Å². The molecule has 0 saturated heterocycles. The summed E-state index contributed by atoms with van der Waals surface area (Å²) in [6.07, 6.45) is 0. The van der Waals surface area contributed by atoms with Gasteiger partial charge in [0, 0.05) is 48.0 Å². The van der Waals surface area contributed by atoms with Gasteiger partial charge < -0.3 is 19.1 Å². The summed E-state index contributed by atoms with van der Waals surface area (Å²) in [6.45, 7) is 10.4. The van der Waals surface area contributed by atoms with Crippen molar-refractivity contribution < 1.29 is 4.74 Å². The van der Waals surface area contributed by atoms with E-state index in [2.05, 4.69) is 146 Å². The van der Waals surface area contributed by atoms with E-state index in [4.69, 9.17) is 4.74 Å². The normalized spacial score (nSPS) is 11.8. The monoisotopic (exact) mass is 523 g/mol. The van der Waals surface area contributed by atoms with Crippen molar-refractivity contribution in [1.82, 2.24) is 4.57 Å². The number of hydrogen-bond acceptors (Lipinski definition) is 3. The SMILES string of the molecule is C=C.Cc1ccccc1N(C)c1cc2c(cc1C)c1cc3c(cc1n2C)Oc1ccccc1N3c1ccccc1. The van der Waals surface area contributed by atoms with Gasteiger partial charge in [-0.05, 0) is 73.5 Å².